The molecular formula is C12H18N2O4S. The van der Waals surface area contributed by atoms with Crippen LogP contribution in [0.4, 0.5) is 5.69 Å². The summed E-state index contributed by atoms with van der Waals surface area (Å²) < 4.78 is 31.6. The molecule has 1 rings (SSSR count). The van der Waals surface area contributed by atoms with Crippen molar-refractivity contribution in [3.05, 3.63) is 23.8 Å². The summed E-state index contributed by atoms with van der Waals surface area (Å²) in [5.41, 5.74) is 4.90. The van der Waals surface area contributed by atoms with E-state index in [2.05, 4.69) is 9.46 Å². The fraction of sp³-hybridized carbons (Fsp3) is 0.417. The van der Waals surface area contributed by atoms with E-state index in [4.69, 9.17) is 5.73 Å². The molecule has 0 radical (unpaired) electrons. The molecule has 1 aromatic rings. The number of hydrogen-bond acceptors (Lipinski definition) is 5. The Morgan fingerprint density at radius 2 is 1.89 bits per heavy atom. The lowest BCUT2D eigenvalue weighted by molar-refractivity contribution is 0.0597. The van der Waals surface area contributed by atoms with E-state index >= 15 is 0 Å². The average molecular weight is 286 g/mol. The standard InChI is InChI=1S/C12H18N2O4S/c1-12(2,3)14-19(16,17)9-7-5-6-8(13)10(9)11(15)18-4/h5-7,14H,13H2,1-4H3. The first-order valence-corrected chi connectivity index (χ1v) is 7.07. The number of hydrogen-bond donors (Lipinski definition) is 2. The van der Waals surface area contributed by atoms with Gasteiger partial charge in [-0.15, -0.1) is 0 Å². The van der Waals surface area contributed by atoms with Crippen molar-refractivity contribution < 1.29 is 17.9 Å². The highest BCUT2D eigenvalue weighted by Crippen LogP contribution is 2.23. The molecule has 0 spiro atoms. The molecule has 3 N–H and O–H groups in total. The fourth-order valence-electron chi connectivity index (χ4n) is 1.55. The van der Waals surface area contributed by atoms with Crippen LogP contribution < -0.4 is 10.5 Å². The molecule has 0 bridgehead atoms. The van der Waals surface area contributed by atoms with E-state index < -0.39 is 21.5 Å². The van der Waals surface area contributed by atoms with Crippen molar-refractivity contribution in [3.8, 4) is 0 Å². The summed E-state index contributed by atoms with van der Waals surface area (Å²) in [5, 5.41) is 0. The number of carbonyl (C=O) groups excluding carboxylic acids is 1. The van der Waals surface area contributed by atoms with Gasteiger partial charge in [-0.05, 0) is 32.9 Å². The van der Waals surface area contributed by atoms with E-state index in [0.717, 1.165) is 0 Å². The topological polar surface area (TPSA) is 98.5 Å². The number of ether oxygens (including phenoxy) is 1. The van der Waals surface area contributed by atoms with Gasteiger partial charge in [-0.25, -0.2) is 17.9 Å². The molecule has 0 aliphatic heterocycles. The molecule has 0 atom stereocenters. The molecule has 0 fully saturated rings. The smallest absolute Gasteiger partial charge is 0.341 e. The molecule has 0 saturated carbocycles. The third-order valence-corrected chi connectivity index (χ3v) is 3.98. The normalized spacial score (nSPS) is 12.2. The second-order valence-electron chi connectivity index (χ2n) is 5.07. The first-order valence-electron chi connectivity index (χ1n) is 5.59. The highest BCUT2D eigenvalue weighted by Gasteiger charge is 2.28. The summed E-state index contributed by atoms with van der Waals surface area (Å²) >= 11 is 0. The van der Waals surface area contributed by atoms with Crippen molar-refractivity contribution in [2.45, 2.75) is 31.2 Å². The van der Waals surface area contributed by atoms with Gasteiger partial charge in [0.25, 0.3) is 0 Å². The number of nitrogen functional groups attached to an aromatic ring is 1. The highest BCUT2D eigenvalue weighted by atomic mass is 32.2. The molecule has 6 nitrogen and oxygen atoms in total. The van der Waals surface area contributed by atoms with Crippen molar-refractivity contribution in [2.24, 2.45) is 0 Å². The summed E-state index contributed by atoms with van der Waals surface area (Å²) in [5.74, 6) is -0.785. The van der Waals surface area contributed by atoms with Crippen LogP contribution in [-0.4, -0.2) is 27.0 Å². The van der Waals surface area contributed by atoms with Gasteiger partial charge >= 0.3 is 5.97 Å². The second kappa shape index (κ2) is 5.18. The third kappa shape index (κ3) is 3.68. The van der Waals surface area contributed by atoms with E-state index in [9.17, 15) is 13.2 Å². The highest BCUT2D eigenvalue weighted by molar-refractivity contribution is 7.89. The van der Waals surface area contributed by atoms with Crippen LogP contribution in [0.3, 0.4) is 0 Å². The molecule has 0 aromatic heterocycles. The maximum absolute atomic E-state index is 12.3. The number of nitrogens with one attached hydrogen (secondary N) is 1. The van der Waals surface area contributed by atoms with Gasteiger partial charge in [-0.3, -0.25) is 0 Å². The Morgan fingerprint density at radius 3 is 2.37 bits per heavy atom. The fourth-order valence-corrected chi connectivity index (χ4v) is 3.19. The molecule has 0 unspecified atom stereocenters. The zero-order valence-electron chi connectivity index (χ0n) is 11.4. The van der Waals surface area contributed by atoms with Gasteiger partial charge in [0.05, 0.1) is 12.0 Å². The molecule has 0 aliphatic rings. The third-order valence-electron chi connectivity index (χ3n) is 2.18. The minimum atomic E-state index is -3.86. The molecule has 19 heavy (non-hydrogen) atoms. The van der Waals surface area contributed by atoms with E-state index in [-0.39, 0.29) is 16.1 Å². The molecule has 0 saturated heterocycles. The predicted molar refractivity (Wildman–Crippen MR) is 72.3 cm³/mol. The molecular weight excluding hydrogens is 268 g/mol. The van der Waals surface area contributed by atoms with Gasteiger partial charge in [0.1, 0.15) is 5.56 Å². The maximum Gasteiger partial charge on any atom is 0.341 e. The number of anilines is 1. The number of sulfonamides is 1. The minimum Gasteiger partial charge on any atom is -0.465 e. The van der Waals surface area contributed by atoms with Crippen molar-refractivity contribution in [1.29, 1.82) is 0 Å². The first-order chi connectivity index (χ1) is 8.58. The van der Waals surface area contributed by atoms with Gasteiger partial charge in [-0.2, -0.15) is 0 Å². The van der Waals surface area contributed by atoms with Crippen molar-refractivity contribution in [3.63, 3.8) is 0 Å². The first kappa shape index (κ1) is 15.5. The van der Waals surface area contributed by atoms with Crippen LogP contribution in [-0.2, 0) is 14.8 Å². The lowest BCUT2D eigenvalue weighted by Gasteiger charge is -2.21. The zero-order valence-corrected chi connectivity index (χ0v) is 12.2. The molecule has 0 heterocycles. The van der Waals surface area contributed by atoms with Gasteiger partial charge in [-0.1, -0.05) is 6.07 Å². The van der Waals surface area contributed by atoms with Gasteiger partial charge in [0.2, 0.25) is 10.0 Å². The summed E-state index contributed by atoms with van der Waals surface area (Å²) in [4.78, 5) is 11.5. The summed E-state index contributed by atoms with van der Waals surface area (Å²) in [7, 11) is -2.69. The van der Waals surface area contributed by atoms with Crippen LogP contribution in [0, 0.1) is 0 Å². The Kier molecular flexibility index (Phi) is 4.21. The van der Waals surface area contributed by atoms with Crippen LogP contribution in [0.25, 0.3) is 0 Å². The Hall–Kier alpha value is -1.60. The molecule has 0 amide bonds. The SMILES string of the molecule is COC(=O)c1c(N)cccc1S(=O)(=O)NC(C)(C)C. The largest absolute Gasteiger partial charge is 0.465 e. The number of nitrogens with two attached hydrogens (primary N) is 1. The van der Waals surface area contributed by atoms with Gasteiger partial charge < -0.3 is 10.5 Å². The number of methoxy groups -OCH3 is 1. The average Bonchev–Trinajstić information content (AvgIpc) is 2.24. The number of carbonyl (C=O) groups is 1. The van der Waals surface area contributed by atoms with Crippen LogP contribution in [0.1, 0.15) is 31.1 Å². The number of benzene rings is 1. The molecule has 106 valence electrons. The Morgan fingerprint density at radius 1 is 1.32 bits per heavy atom. The molecule has 7 heteroatoms. The number of rotatable bonds is 3. The summed E-state index contributed by atoms with van der Waals surface area (Å²) in [6.07, 6.45) is 0. The van der Waals surface area contributed by atoms with E-state index in [1.165, 1.54) is 25.3 Å². The van der Waals surface area contributed by atoms with Crippen molar-refractivity contribution in [1.82, 2.24) is 4.72 Å². The van der Waals surface area contributed by atoms with Crippen LogP contribution in [0.5, 0.6) is 0 Å². The van der Waals surface area contributed by atoms with Gasteiger partial charge in [0.15, 0.2) is 0 Å². The van der Waals surface area contributed by atoms with E-state index in [1.54, 1.807) is 20.8 Å². The van der Waals surface area contributed by atoms with E-state index in [1.807, 2.05) is 0 Å². The predicted octanol–water partition coefficient (Wildman–Crippen LogP) is 1.13. The molecule has 1 aromatic carbocycles. The zero-order chi connectivity index (χ0) is 14.8. The Balaban J connectivity index is 3.43. The summed E-state index contributed by atoms with van der Waals surface area (Å²) in [6.45, 7) is 5.11. The van der Waals surface area contributed by atoms with Crippen molar-refractivity contribution >= 4 is 21.7 Å². The minimum absolute atomic E-state index is 0.0589. The maximum atomic E-state index is 12.3. The lowest BCUT2D eigenvalue weighted by atomic mass is 10.1. The van der Waals surface area contributed by atoms with E-state index in [0.29, 0.717) is 0 Å². The van der Waals surface area contributed by atoms with Crippen LogP contribution in [0.2, 0.25) is 0 Å². The lowest BCUT2D eigenvalue weighted by Crippen LogP contribution is -2.41. The van der Waals surface area contributed by atoms with Gasteiger partial charge in [0, 0.05) is 11.2 Å². The second-order valence-corrected chi connectivity index (χ2v) is 6.72. The van der Waals surface area contributed by atoms with Crippen LogP contribution >= 0.6 is 0 Å². The van der Waals surface area contributed by atoms with Crippen LogP contribution in [0.15, 0.2) is 23.1 Å². The Labute approximate surface area is 113 Å². The monoisotopic (exact) mass is 286 g/mol. The summed E-state index contributed by atoms with van der Waals surface area (Å²) in [6, 6.07) is 4.23. The van der Waals surface area contributed by atoms with Crippen molar-refractivity contribution in [2.75, 3.05) is 12.8 Å². The molecule has 0 aliphatic carbocycles. The quantitative estimate of drug-likeness (QED) is 0.641. The Bertz CT molecular complexity index is 588. The number of esters is 1.